The Bertz CT molecular complexity index is 471. The maximum atomic E-state index is 11.9. The monoisotopic (exact) mass is 264 g/mol. The van der Waals surface area contributed by atoms with Crippen LogP contribution in [-0.2, 0) is 4.79 Å². The molecule has 2 rings (SSSR count). The Morgan fingerprint density at radius 3 is 3.00 bits per heavy atom. The van der Waals surface area contributed by atoms with Crippen LogP contribution in [-0.4, -0.2) is 43.5 Å². The lowest BCUT2D eigenvalue weighted by molar-refractivity contribution is -0.117. The Kier molecular flexibility index (Phi) is 4.31. The lowest BCUT2D eigenvalue weighted by Crippen LogP contribution is -2.46. The number of nitriles is 1. The second-order valence-corrected chi connectivity index (χ2v) is 5.19. The van der Waals surface area contributed by atoms with Gasteiger partial charge < -0.3 is 10.6 Å². The van der Waals surface area contributed by atoms with E-state index in [9.17, 15) is 4.79 Å². The minimum atomic E-state index is -0.0461. The normalized spacial score (nSPS) is 16.2. The van der Waals surface area contributed by atoms with Crippen LogP contribution in [0.3, 0.4) is 0 Å². The van der Waals surface area contributed by atoms with Crippen molar-refractivity contribution in [2.24, 2.45) is 0 Å². The summed E-state index contributed by atoms with van der Waals surface area (Å²) in [7, 11) is 0. The van der Waals surface area contributed by atoms with Crippen LogP contribution in [0.4, 0.5) is 5.00 Å². The molecule has 0 saturated carbocycles. The number of rotatable bonds is 3. The van der Waals surface area contributed by atoms with Gasteiger partial charge in [0.2, 0.25) is 5.91 Å². The van der Waals surface area contributed by atoms with Gasteiger partial charge >= 0.3 is 0 Å². The molecule has 5 nitrogen and oxygen atoms in total. The van der Waals surface area contributed by atoms with E-state index in [1.165, 1.54) is 11.3 Å². The number of hydrogen-bond donors (Lipinski definition) is 2. The molecule has 1 aromatic heterocycles. The first kappa shape index (κ1) is 13.0. The SMILES string of the molecule is Cc1csc(NC(=O)CN2CCNCC2)c1C#N. The molecule has 0 spiro atoms. The second kappa shape index (κ2) is 5.96. The maximum absolute atomic E-state index is 11.9. The largest absolute Gasteiger partial charge is 0.315 e. The molecule has 0 radical (unpaired) electrons. The van der Waals surface area contributed by atoms with Crippen LogP contribution in [0.5, 0.6) is 0 Å². The van der Waals surface area contributed by atoms with Gasteiger partial charge in [0.25, 0.3) is 0 Å². The third-order valence-corrected chi connectivity index (χ3v) is 3.93. The molecule has 1 aliphatic heterocycles. The van der Waals surface area contributed by atoms with Gasteiger partial charge in [-0.3, -0.25) is 9.69 Å². The summed E-state index contributed by atoms with van der Waals surface area (Å²) in [4.78, 5) is 14.0. The molecule has 2 N–H and O–H groups in total. The van der Waals surface area contributed by atoms with Crippen molar-refractivity contribution in [3.05, 3.63) is 16.5 Å². The summed E-state index contributed by atoms with van der Waals surface area (Å²) in [6.07, 6.45) is 0. The average molecular weight is 264 g/mol. The quantitative estimate of drug-likeness (QED) is 0.846. The molecule has 0 aromatic carbocycles. The standard InChI is InChI=1S/C12H16N4OS/c1-9-8-18-12(10(9)6-13)15-11(17)7-16-4-2-14-3-5-16/h8,14H,2-5,7H2,1H3,(H,15,17). The molecule has 0 bridgehead atoms. The molecule has 1 amide bonds. The Morgan fingerprint density at radius 2 is 2.33 bits per heavy atom. The van der Waals surface area contributed by atoms with Crippen molar-refractivity contribution in [2.45, 2.75) is 6.92 Å². The van der Waals surface area contributed by atoms with Gasteiger partial charge in [-0.05, 0) is 17.9 Å². The third-order valence-electron chi connectivity index (χ3n) is 2.92. The minimum absolute atomic E-state index is 0.0461. The van der Waals surface area contributed by atoms with Crippen molar-refractivity contribution >= 4 is 22.2 Å². The number of anilines is 1. The van der Waals surface area contributed by atoms with E-state index in [-0.39, 0.29) is 5.91 Å². The Balaban J connectivity index is 1.92. The van der Waals surface area contributed by atoms with E-state index in [2.05, 4.69) is 21.6 Å². The number of piperazine rings is 1. The van der Waals surface area contributed by atoms with Gasteiger partial charge in [-0.1, -0.05) is 0 Å². The molecule has 0 atom stereocenters. The number of thiophene rings is 1. The van der Waals surface area contributed by atoms with Crippen LogP contribution in [0.15, 0.2) is 5.38 Å². The minimum Gasteiger partial charge on any atom is -0.315 e. The lowest BCUT2D eigenvalue weighted by atomic mass is 10.2. The highest BCUT2D eigenvalue weighted by Crippen LogP contribution is 2.26. The molecular weight excluding hydrogens is 248 g/mol. The first-order valence-electron chi connectivity index (χ1n) is 5.92. The van der Waals surface area contributed by atoms with E-state index >= 15 is 0 Å². The summed E-state index contributed by atoms with van der Waals surface area (Å²) in [6.45, 7) is 5.90. The fraction of sp³-hybridized carbons (Fsp3) is 0.500. The zero-order valence-electron chi connectivity index (χ0n) is 10.3. The Hall–Kier alpha value is -1.42. The lowest BCUT2D eigenvalue weighted by Gasteiger charge is -2.26. The second-order valence-electron chi connectivity index (χ2n) is 4.31. The van der Waals surface area contributed by atoms with Crippen molar-refractivity contribution in [3.8, 4) is 6.07 Å². The van der Waals surface area contributed by atoms with Crippen LogP contribution in [0.1, 0.15) is 11.1 Å². The predicted molar refractivity (Wildman–Crippen MR) is 71.7 cm³/mol. The topological polar surface area (TPSA) is 68.2 Å². The fourth-order valence-electron chi connectivity index (χ4n) is 1.91. The van der Waals surface area contributed by atoms with E-state index in [4.69, 9.17) is 5.26 Å². The molecule has 1 aromatic rings. The van der Waals surface area contributed by atoms with Crippen molar-refractivity contribution in [1.29, 1.82) is 5.26 Å². The highest BCUT2D eigenvalue weighted by atomic mass is 32.1. The van der Waals surface area contributed by atoms with Gasteiger partial charge in [-0.15, -0.1) is 11.3 Å². The van der Waals surface area contributed by atoms with Gasteiger partial charge in [0.15, 0.2) is 0 Å². The van der Waals surface area contributed by atoms with Gasteiger partial charge in [-0.2, -0.15) is 5.26 Å². The smallest absolute Gasteiger partial charge is 0.239 e. The summed E-state index contributed by atoms with van der Waals surface area (Å²) in [5.74, 6) is -0.0461. The van der Waals surface area contributed by atoms with Crippen LogP contribution < -0.4 is 10.6 Å². The van der Waals surface area contributed by atoms with Crippen molar-refractivity contribution in [2.75, 3.05) is 38.0 Å². The zero-order valence-corrected chi connectivity index (χ0v) is 11.1. The molecule has 96 valence electrons. The molecule has 1 saturated heterocycles. The molecular formula is C12H16N4OS. The number of carbonyl (C=O) groups is 1. The summed E-state index contributed by atoms with van der Waals surface area (Å²) in [5.41, 5.74) is 1.49. The number of carbonyl (C=O) groups excluding carboxylic acids is 1. The van der Waals surface area contributed by atoms with Gasteiger partial charge in [-0.25, -0.2) is 0 Å². The van der Waals surface area contributed by atoms with Crippen LogP contribution in [0.2, 0.25) is 0 Å². The van der Waals surface area contributed by atoms with Gasteiger partial charge in [0, 0.05) is 26.2 Å². The summed E-state index contributed by atoms with van der Waals surface area (Å²) in [5, 5.41) is 17.6. The first-order valence-corrected chi connectivity index (χ1v) is 6.80. The molecule has 18 heavy (non-hydrogen) atoms. The highest BCUT2D eigenvalue weighted by Gasteiger charge is 2.16. The predicted octanol–water partition coefficient (Wildman–Crippen LogP) is 0.772. The van der Waals surface area contributed by atoms with Crippen molar-refractivity contribution in [1.82, 2.24) is 10.2 Å². The molecule has 0 aliphatic carbocycles. The van der Waals surface area contributed by atoms with E-state index in [1.807, 2.05) is 12.3 Å². The maximum Gasteiger partial charge on any atom is 0.239 e. The van der Waals surface area contributed by atoms with Crippen LogP contribution >= 0.6 is 11.3 Å². The first-order chi connectivity index (χ1) is 8.70. The van der Waals surface area contributed by atoms with Gasteiger partial charge in [0.1, 0.15) is 11.1 Å². The molecule has 1 aliphatic rings. The summed E-state index contributed by atoms with van der Waals surface area (Å²) in [6, 6.07) is 2.12. The number of nitrogens with zero attached hydrogens (tertiary/aromatic N) is 2. The molecule has 6 heteroatoms. The fourth-order valence-corrected chi connectivity index (χ4v) is 2.82. The van der Waals surface area contributed by atoms with E-state index in [1.54, 1.807) is 0 Å². The number of amides is 1. The number of nitrogens with one attached hydrogen (secondary N) is 2. The molecule has 0 unspecified atom stereocenters. The van der Waals surface area contributed by atoms with E-state index in [0.717, 1.165) is 31.7 Å². The third kappa shape index (κ3) is 3.07. The Labute approximate surface area is 110 Å². The van der Waals surface area contributed by atoms with Crippen LogP contribution in [0.25, 0.3) is 0 Å². The summed E-state index contributed by atoms with van der Waals surface area (Å²) < 4.78 is 0. The number of aryl methyl sites for hydroxylation is 1. The van der Waals surface area contributed by atoms with Crippen LogP contribution in [0, 0.1) is 18.3 Å². The summed E-state index contributed by atoms with van der Waals surface area (Å²) >= 11 is 1.41. The van der Waals surface area contributed by atoms with Gasteiger partial charge in [0.05, 0.1) is 12.1 Å². The zero-order chi connectivity index (χ0) is 13.0. The Morgan fingerprint density at radius 1 is 1.61 bits per heavy atom. The molecule has 2 heterocycles. The van der Waals surface area contributed by atoms with Crippen molar-refractivity contribution in [3.63, 3.8) is 0 Å². The average Bonchev–Trinajstić information content (AvgIpc) is 2.71. The highest BCUT2D eigenvalue weighted by molar-refractivity contribution is 7.14. The van der Waals surface area contributed by atoms with E-state index < -0.39 is 0 Å². The number of hydrogen-bond acceptors (Lipinski definition) is 5. The van der Waals surface area contributed by atoms with Crippen molar-refractivity contribution < 1.29 is 4.79 Å². The molecule has 1 fully saturated rings. The van der Waals surface area contributed by atoms with E-state index in [0.29, 0.717) is 17.1 Å².